The zero-order valence-corrected chi connectivity index (χ0v) is 14.3. The highest BCUT2D eigenvalue weighted by Crippen LogP contribution is 2.31. The second kappa shape index (κ2) is 14.4. The van der Waals surface area contributed by atoms with Crippen LogP contribution in [0.25, 0.3) is 0 Å². The summed E-state index contributed by atoms with van der Waals surface area (Å²) in [7, 11) is 0. The van der Waals surface area contributed by atoms with Crippen LogP contribution < -0.4 is 0 Å². The quantitative estimate of drug-likeness (QED) is 0.288. The molecule has 0 radical (unpaired) electrons. The third-order valence-electron chi connectivity index (χ3n) is 4.59. The van der Waals surface area contributed by atoms with Crippen molar-refractivity contribution in [2.24, 2.45) is 11.8 Å². The zero-order valence-electron chi connectivity index (χ0n) is 14.3. The lowest BCUT2D eigenvalue weighted by molar-refractivity contribution is 0.247. The van der Waals surface area contributed by atoms with Gasteiger partial charge in [0.25, 0.3) is 0 Å². The standard InChI is InChI=1S/C19H40/c1-5-9-11-12-13-17-19(15-8-4)18(14-7-3)16-10-6-2/h18-19H,5-17H2,1-4H3. The summed E-state index contributed by atoms with van der Waals surface area (Å²) in [4.78, 5) is 0. The van der Waals surface area contributed by atoms with Crippen molar-refractivity contribution < 1.29 is 0 Å². The topological polar surface area (TPSA) is 0 Å². The lowest BCUT2D eigenvalue weighted by Gasteiger charge is -2.27. The molecular weight excluding hydrogens is 228 g/mol. The van der Waals surface area contributed by atoms with E-state index in [-0.39, 0.29) is 0 Å². The van der Waals surface area contributed by atoms with Crippen molar-refractivity contribution in [3.63, 3.8) is 0 Å². The van der Waals surface area contributed by atoms with Gasteiger partial charge in [-0.2, -0.15) is 0 Å². The maximum absolute atomic E-state index is 2.37. The van der Waals surface area contributed by atoms with Gasteiger partial charge in [0.15, 0.2) is 0 Å². The number of hydrogen-bond donors (Lipinski definition) is 0. The molecular formula is C19H40. The van der Waals surface area contributed by atoms with Gasteiger partial charge in [0.2, 0.25) is 0 Å². The summed E-state index contributed by atoms with van der Waals surface area (Å²) in [6.45, 7) is 9.38. The average molecular weight is 269 g/mol. The highest BCUT2D eigenvalue weighted by molar-refractivity contribution is 4.70. The first-order valence-electron chi connectivity index (χ1n) is 9.29. The van der Waals surface area contributed by atoms with Gasteiger partial charge in [-0.25, -0.2) is 0 Å². The summed E-state index contributed by atoms with van der Waals surface area (Å²) in [6, 6.07) is 0. The Morgan fingerprint density at radius 1 is 0.421 bits per heavy atom. The van der Waals surface area contributed by atoms with E-state index in [1.165, 1.54) is 83.5 Å². The summed E-state index contributed by atoms with van der Waals surface area (Å²) in [5.41, 5.74) is 0. The van der Waals surface area contributed by atoms with E-state index in [1.807, 2.05) is 0 Å². The van der Waals surface area contributed by atoms with Gasteiger partial charge < -0.3 is 0 Å². The van der Waals surface area contributed by atoms with E-state index in [2.05, 4.69) is 27.7 Å². The van der Waals surface area contributed by atoms with Crippen molar-refractivity contribution >= 4 is 0 Å². The summed E-state index contributed by atoms with van der Waals surface area (Å²) >= 11 is 0. The molecule has 0 aromatic heterocycles. The SMILES string of the molecule is CCCCCCCC(CCC)C(CCC)CCCC. The number of unbranched alkanes of at least 4 members (excludes halogenated alkanes) is 5. The van der Waals surface area contributed by atoms with Crippen LogP contribution in [0.1, 0.15) is 111 Å². The summed E-state index contributed by atoms with van der Waals surface area (Å²) in [5, 5.41) is 0. The summed E-state index contributed by atoms with van der Waals surface area (Å²) < 4.78 is 0. The predicted octanol–water partition coefficient (Wildman–Crippen LogP) is 7.37. The van der Waals surface area contributed by atoms with Gasteiger partial charge in [-0.05, 0) is 11.8 Å². The first-order chi connectivity index (χ1) is 9.29. The van der Waals surface area contributed by atoms with E-state index in [0.717, 1.165) is 11.8 Å². The van der Waals surface area contributed by atoms with Crippen molar-refractivity contribution in [2.75, 3.05) is 0 Å². The van der Waals surface area contributed by atoms with Gasteiger partial charge in [-0.15, -0.1) is 0 Å². The van der Waals surface area contributed by atoms with Gasteiger partial charge in [0.1, 0.15) is 0 Å². The average Bonchev–Trinajstić information content (AvgIpc) is 2.42. The van der Waals surface area contributed by atoms with Gasteiger partial charge in [-0.3, -0.25) is 0 Å². The molecule has 0 nitrogen and oxygen atoms in total. The van der Waals surface area contributed by atoms with Gasteiger partial charge in [0, 0.05) is 0 Å². The minimum Gasteiger partial charge on any atom is -0.0654 e. The molecule has 0 aliphatic carbocycles. The molecule has 19 heavy (non-hydrogen) atoms. The van der Waals surface area contributed by atoms with Crippen LogP contribution >= 0.6 is 0 Å². The highest BCUT2D eigenvalue weighted by Gasteiger charge is 2.19. The molecule has 2 atom stereocenters. The van der Waals surface area contributed by atoms with Crippen molar-refractivity contribution in [3.8, 4) is 0 Å². The van der Waals surface area contributed by atoms with Crippen LogP contribution in [0.3, 0.4) is 0 Å². The molecule has 0 rings (SSSR count). The van der Waals surface area contributed by atoms with Crippen LogP contribution in [0, 0.1) is 11.8 Å². The molecule has 2 unspecified atom stereocenters. The molecule has 0 bridgehead atoms. The van der Waals surface area contributed by atoms with Gasteiger partial charge in [-0.1, -0.05) is 111 Å². The molecule has 0 heteroatoms. The molecule has 0 spiro atoms. The third-order valence-corrected chi connectivity index (χ3v) is 4.59. The van der Waals surface area contributed by atoms with Crippen LogP contribution in [-0.4, -0.2) is 0 Å². The number of rotatable bonds is 14. The first kappa shape index (κ1) is 19.0. The fraction of sp³-hybridized carbons (Fsp3) is 1.00. The molecule has 0 aliphatic heterocycles. The second-order valence-electron chi connectivity index (χ2n) is 6.44. The Hall–Kier alpha value is 0. The first-order valence-corrected chi connectivity index (χ1v) is 9.29. The summed E-state index contributed by atoms with van der Waals surface area (Å²) in [6.07, 6.45) is 18.7. The monoisotopic (exact) mass is 268 g/mol. The third kappa shape index (κ3) is 10.4. The molecule has 0 heterocycles. The van der Waals surface area contributed by atoms with Gasteiger partial charge in [0.05, 0.1) is 0 Å². The van der Waals surface area contributed by atoms with Crippen LogP contribution in [0.5, 0.6) is 0 Å². The maximum atomic E-state index is 2.37. The van der Waals surface area contributed by atoms with Crippen molar-refractivity contribution in [2.45, 2.75) is 111 Å². The Labute approximate surface area is 123 Å². The van der Waals surface area contributed by atoms with Crippen molar-refractivity contribution in [1.82, 2.24) is 0 Å². The zero-order chi connectivity index (χ0) is 14.3. The van der Waals surface area contributed by atoms with Crippen LogP contribution in [0.2, 0.25) is 0 Å². The Morgan fingerprint density at radius 2 is 0.895 bits per heavy atom. The van der Waals surface area contributed by atoms with Crippen LogP contribution in [0.4, 0.5) is 0 Å². The smallest absolute Gasteiger partial charge is 0.0386 e. The fourth-order valence-electron chi connectivity index (χ4n) is 3.45. The Morgan fingerprint density at radius 3 is 1.37 bits per heavy atom. The fourth-order valence-corrected chi connectivity index (χ4v) is 3.45. The normalized spacial score (nSPS) is 14.5. The molecule has 0 aromatic carbocycles. The lowest BCUT2D eigenvalue weighted by Crippen LogP contribution is -2.15. The van der Waals surface area contributed by atoms with Crippen LogP contribution in [0.15, 0.2) is 0 Å². The molecule has 0 N–H and O–H groups in total. The van der Waals surface area contributed by atoms with E-state index in [9.17, 15) is 0 Å². The van der Waals surface area contributed by atoms with Crippen molar-refractivity contribution in [1.29, 1.82) is 0 Å². The second-order valence-corrected chi connectivity index (χ2v) is 6.44. The van der Waals surface area contributed by atoms with E-state index in [4.69, 9.17) is 0 Å². The molecule has 116 valence electrons. The molecule has 0 saturated heterocycles. The van der Waals surface area contributed by atoms with Gasteiger partial charge >= 0.3 is 0 Å². The maximum Gasteiger partial charge on any atom is -0.0386 e. The highest BCUT2D eigenvalue weighted by atomic mass is 14.2. The molecule has 0 aliphatic rings. The van der Waals surface area contributed by atoms with E-state index in [1.54, 1.807) is 0 Å². The lowest BCUT2D eigenvalue weighted by atomic mass is 9.79. The minimum atomic E-state index is 1.02. The van der Waals surface area contributed by atoms with Crippen molar-refractivity contribution in [3.05, 3.63) is 0 Å². The Balaban J connectivity index is 4.06. The predicted molar refractivity (Wildman–Crippen MR) is 89.7 cm³/mol. The van der Waals surface area contributed by atoms with E-state index in [0.29, 0.717) is 0 Å². The number of hydrogen-bond acceptors (Lipinski definition) is 0. The Bertz CT molecular complexity index is 161. The van der Waals surface area contributed by atoms with E-state index < -0.39 is 0 Å². The molecule has 0 aromatic rings. The molecule has 0 saturated carbocycles. The Kier molecular flexibility index (Phi) is 14.4. The summed E-state index contributed by atoms with van der Waals surface area (Å²) in [5.74, 6) is 2.05. The molecule has 0 fully saturated rings. The largest absolute Gasteiger partial charge is 0.0654 e. The van der Waals surface area contributed by atoms with E-state index >= 15 is 0 Å². The van der Waals surface area contributed by atoms with Crippen LogP contribution in [-0.2, 0) is 0 Å². The minimum absolute atomic E-state index is 1.02. The molecule has 0 amide bonds.